The summed E-state index contributed by atoms with van der Waals surface area (Å²) in [6.45, 7) is 0. The molecule has 0 amide bonds. The number of fused-ring (bicyclic) bond motifs is 2. The number of rotatable bonds is 3. The quantitative estimate of drug-likeness (QED) is 0.920. The van der Waals surface area contributed by atoms with Crippen LogP contribution < -0.4 is 5.32 Å². The van der Waals surface area contributed by atoms with Crippen LogP contribution in [0.1, 0.15) is 75.4 Å². The third-order valence-electron chi connectivity index (χ3n) is 5.49. The van der Waals surface area contributed by atoms with E-state index in [9.17, 15) is 0 Å². The topological polar surface area (TPSA) is 51.0 Å². The lowest BCUT2D eigenvalue weighted by Gasteiger charge is -2.28. The van der Waals surface area contributed by atoms with Crippen molar-refractivity contribution in [3.63, 3.8) is 0 Å². The van der Waals surface area contributed by atoms with Gasteiger partial charge in [-0.25, -0.2) is 0 Å². The molecule has 2 aliphatic heterocycles. The van der Waals surface area contributed by atoms with Crippen molar-refractivity contribution in [3.8, 4) is 0 Å². The Labute approximate surface area is 120 Å². The highest BCUT2D eigenvalue weighted by Gasteiger charge is 2.34. The van der Waals surface area contributed by atoms with Crippen LogP contribution in [0.25, 0.3) is 0 Å². The molecule has 2 bridgehead atoms. The molecular weight excluding hydrogens is 250 g/mol. The first kappa shape index (κ1) is 12.8. The molecule has 3 aliphatic rings. The summed E-state index contributed by atoms with van der Waals surface area (Å²) in [7, 11) is 0. The van der Waals surface area contributed by atoms with Gasteiger partial charge in [0, 0.05) is 24.4 Å². The predicted octanol–water partition coefficient (Wildman–Crippen LogP) is 3.19. The summed E-state index contributed by atoms with van der Waals surface area (Å²) in [4.78, 5) is 4.70. The lowest BCUT2D eigenvalue weighted by Crippen LogP contribution is -2.38. The molecule has 2 saturated heterocycles. The minimum Gasteiger partial charge on any atom is -0.339 e. The summed E-state index contributed by atoms with van der Waals surface area (Å²) in [6, 6.07) is 1.50. The third kappa shape index (κ3) is 2.62. The van der Waals surface area contributed by atoms with Gasteiger partial charge in [-0.05, 0) is 44.4 Å². The van der Waals surface area contributed by atoms with Crippen LogP contribution >= 0.6 is 0 Å². The Morgan fingerprint density at radius 2 is 1.75 bits per heavy atom. The van der Waals surface area contributed by atoms with Gasteiger partial charge in [-0.3, -0.25) is 0 Å². The average Bonchev–Trinajstić information content (AvgIpc) is 3.07. The Hall–Kier alpha value is -0.900. The van der Waals surface area contributed by atoms with Crippen LogP contribution in [0.15, 0.2) is 4.52 Å². The summed E-state index contributed by atoms with van der Waals surface area (Å²) >= 11 is 0. The van der Waals surface area contributed by atoms with Gasteiger partial charge < -0.3 is 9.84 Å². The van der Waals surface area contributed by atoms with Crippen LogP contribution in [0.4, 0.5) is 0 Å². The maximum atomic E-state index is 5.53. The van der Waals surface area contributed by atoms with Crippen molar-refractivity contribution in [2.45, 2.75) is 82.2 Å². The number of hydrogen-bond acceptors (Lipinski definition) is 4. The van der Waals surface area contributed by atoms with Crippen molar-refractivity contribution in [3.05, 3.63) is 11.7 Å². The highest BCUT2D eigenvalue weighted by molar-refractivity contribution is 4.99. The minimum atomic E-state index is 0.561. The minimum absolute atomic E-state index is 0.561. The van der Waals surface area contributed by atoms with Gasteiger partial charge in [-0.1, -0.05) is 24.4 Å². The largest absolute Gasteiger partial charge is 0.339 e. The highest BCUT2D eigenvalue weighted by Crippen LogP contribution is 2.34. The molecule has 0 spiro atoms. The van der Waals surface area contributed by atoms with Crippen LogP contribution in [0.5, 0.6) is 0 Å². The van der Waals surface area contributed by atoms with E-state index in [0.717, 1.165) is 36.1 Å². The molecule has 0 aromatic carbocycles. The van der Waals surface area contributed by atoms with Crippen molar-refractivity contribution in [2.24, 2.45) is 5.92 Å². The van der Waals surface area contributed by atoms with Crippen LogP contribution in [0, 0.1) is 5.92 Å². The fourth-order valence-electron chi connectivity index (χ4n) is 4.47. The number of aromatic nitrogens is 2. The van der Waals surface area contributed by atoms with Crippen molar-refractivity contribution in [1.82, 2.24) is 15.5 Å². The second kappa shape index (κ2) is 5.47. The smallest absolute Gasteiger partial charge is 0.226 e. The zero-order valence-corrected chi connectivity index (χ0v) is 12.2. The molecule has 1 saturated carbocycles. The van der Waals surface area contributed by atoms with Crippen molar-refractivity contribution in [1.29, 1.82) is 0 Å². The number of hydrogen-bond donors (Lipinski definition) is 1. The highest BCUT2D eigenvalue weighted by atomic mass is 16.5. The van der Waals surface area contributed by atoms with Crippen LogP contribution in [0.3, 0.4) is 0 Å². The SMILES string of the molecule is C1CCC(c2noc(CC3CC4CCC(C3)N4)n2)CC1. The zero-order chi connectivity index (χ0) is 13.4. The first-order valence-corrected chi connectivity index (χ1v) is 8.45. The second-order valence-corrected chi connectivity index (χ2v) is 7.06. The predicted molar refractivity (Wildman–Crippen MR) is 76.5 cm³/mol. The standard InChI is InChI=1S/C16H25N3O/c1-2-4-12(5-3-1)16-18-15(20-19-16)10-11-8-13-6-7-14(9-11)17-13/h11-14,17H,1-10H2. The summed E-state index contributed by atoms with van der Waals surface area (Å²) < 4.78 is 5.53. The first-order chi connectivity index (χ1) is 9.87. The van der Waals surface area contributed by atoms with Crippen LogP contribution in [-0.2, 0) is 6.42 Å². The molecule has 2 unspecified atom stereocenters. The Bertz CT molecular complexity index is 440. The molecular formula is C16H25N3O. The fraction of sp³-hybridized carbons (Fsp3) is 0.875. The molecule has 2 atom stereocenters. The van der Waals surface area contributed by atoms with E-state index in [2.05, 4.69) is 10.5 Å². The van der Waals surface area contributed by atoms with Gasteiger partial charge >= 0.3 is 0 Å². The van der Waals surface area contributed by atoms with E-state index in [4.69, 9.17) is 9.51 Å². The molecule has 1 aromatic rings. The van der Waals surface area contributed by atoms with Gasteiger partial charge in [0.25, 0.3) is 0 Å². The Kier molecular flexibility index (Phi) is 3.51. The molecule has 1 aliphatic carbocycles. The van der Waals surface area contributed by atoms with E-state index in [1.165, 1.54) is 57.8 Å². The molecule has 20 heavy (non-hydrogen) atoms. The summed E-state index contributed by atoms with van der Waals surface area (Å²) in [5, 5.41) is 7.95. The van der Waals surface area contributed by atoms with Crippen LogP contribution in [-0.4, -0.2) is 22.2 Å². The fourth-order valence-corrected chi connectivity index (χ4v) is 4.47. The van der Waals surface area contributed by atoms with E-state index in [1.54, 1.807) is 0 Å². The van der Waals surface area contributed by atoms with Gasteiger partial charge in [0.05, 0.1) is 0 Å². The molecule has 4 heteroatoms. The lowest BCUT2D eigenvalue weighted by molar-refractivity contribution is 0.269. The molecule has 3 heterocycles. The Balaban J connectivity index is 1.38. The van der Waals surface area contributed by atoms with Gasteiger partial charge in [0.1, 0.15) is 0 Å². The normalized spacial score (nSPS) is 34.5. The first-order valence-electron chi connectivity index (χ1n) is 8.45. The average molecular weight is 275 g/mol. The molecule has 3 fully saturated rings. The molecule has 0 radical (unpaired) electrons. The van der Waals surface area contributed by atoms with Gasteiger partial charge in [0.15, 0.2) is 5.82 Å². The maximum absolute atomic E-state index is 5.53. The lowest BCUT2D eigenvalue weighted by atomic mass is 9.88. The van der Waals surface area contributed by atoms with Gasteiger partial charge in [0.2, 0.25) is 5.89 Å². The maximum Gasteiger partial charge on any atom is 0.226 e. The van der Waals surface area contributed by atoms with Crippen molar-refractivity contribution >= 4 is 0 Å². The van der Waals surface area contributed by atoms with Crippen molar-refractivity contribution in [2.75, 3.05) is 0 Å². The summed E-state index contributed by atoms with van der Waals surface area (Å²) in [6.07, 6.45) is 12.8. The van der Waals surface area contributed by atoms with E-state index < -0.39 is 0 Å². The van der Waals surface area contributed by atoms with Gasteiger partial charge in [-0.2, -0.15) is 4.98 Å². The summed E-state index contributed by atoms with van der Waals surface area (Å²) in [5.74, 6) is 3.17. The number of piperidine rings is 1. The van der Waals surface area contributed by atoms with Crippen LogP contribution in [0.2, 0.25) is 0 Å². The molecule has 4 nitrogen and oxygen atoms in total. The Morgan fingerprint density at radius 1 is 1.00 bits per heavy atom. The van der Waals surface area contributed by atoms with Gasteiger partial charge in [-0.15, -0.1) is 0 Å². The zero-order valence-electron chi connectivity index (χ0n) is 12.2. The Morgan fingerprint density at radius 3 is 2.50 bits per heavy atom. The van der Waals surface area contributed by atoms with E-state index in [-0.39, 0.29) is 0 Å². The molecule has 4 rings (SSSR count). The third-order valence-corrected chi connectivity index (χ3v) is 5.49. The number of nitrogens with zero attached hydrogens (tertiary/aromatic N) is 2. The molecule has 1 aromatic heterocycles. The van der Waals surface area contributed by atoms with E-state index in [0.29, 0.717) is 5.92 Å². The molecule has 110 valence electrons. The molecule has 1 N–H and O–H groups in total. The summed E-state index contributed by atoms with van der Waals surface area (Å²) in [5.41, 5.74) is 0. The second-order valence-electron chi connectivity index (χ2n) is 7.06. The number of nitrogens with one attached hydrogen (secondary N) is 1. The monoisotopic (exact) mass is 275 g/mol. The van der Waals surface area contributed by atoms with E-state index >= 15 is 0 Å². The van der Waals surface area contributed by atoms with E-state index in [1.807, 2.05) is 0 Å². The van der Waals surface area contributed by atoms with Crippen molar-refractivity contribution < 1.29 is 4.52 Å².